The van der Waals surface area contributed by atoms with E-state index in [0.29, 0.717) is 0 Å². The minimum Gasteiger partial charge on any atom is -0.450 e. The molecular formula is C6H8O7. The fourth-order valence-electron chi connectivity index (χ4n) is 1.16. The Hall–Kier alpha value is -1.50. The average Bonchev–Trinajstić information content (AvgIpc) is 1.79. The van der Waals surface area contributed by atoms with E-state index in [1.165, 1.54) is 0 Å². The number of carbonyl (C=O) groups is 2. The highest BCUT2D eigenvalue weighted by Crippen LogP contribution is 2.37. The van der Waals surface area contributed by atoms with Crippen molar-refractivity contribution in [2.45, 2.75) is 24.7 Å². The van der Waals surface area contributed by atoms with E-state index in [9.17, 15) is 9.59 Å². The zero-order valence-corrected chi connectivity index (χ0v) is 6.47. The topological polar surface area (TPSA) is 113 Å². The monoisotopic (exact) mass is 192 g/mol. The molecule has 74 valence electrons. The smallest absolute Gasteiger partial charge is 0.450 e. The maximum atomic E-state index is 10.1. The number of rotatable bonds is 2. The fourth-order valence-corrected chi connectivity index (χ4v) is 1.16. The molecule has 0 aromatic heterocycles. The normalized spacial score (nSPS) is 20.1. The highest BCUT2D eigenvalue weighted by atomic mass is 16.8. The minimum atomic E-state index is -1.71. The van der Waals surface area contributed by atoms with Crippen LogP contribution in [0.3, 0.4) is 0 Å². The summed E-state index contributed by atoms with van der Waals surface area (Å²) in [5, 5.41) is 25.3. The molecule has 0 aromatic carbocycles. The lowest BCUT2D eigenvalue weighted by Gasteiger charge is -2.40. The Kier molecular flexibility index (Phi) is 2.28. The summed E-state index contributed by atoms with van der Waals surface area (Å²) in [4.78, 5) is 20.2. The van der Waals surface area contributed by atoms with Crippen molar-refractivity contribution in [1.29, 1.82) is 0 Å². The van der Waals surface area contributed by atoms with E-state index in [2.05, 4.69) is 9.47 Å². The predicted octanol–water partition coefficient (Wildman–Crippen LogP) is 0.227. The molecule has 13 heavy (non-hydrogen) atoms. The summed E-state index contributed by atoms with van der Waals surface area (Å²) in [5.74, 6) is -1.71. The molecule has 0 amide bonds. The summed E-state index contributed by atoms with van der Waals surface area (Å²) in [6, 6.07) is 0. The van der Waals surface area contributed by atoms with Crippen LogP contribution in [0.5, 0.6) is 0 Å². The molecule has 3 N–H and O–H groups in total. The Labute approximate surface area is 72.5 Å². The van der Waals surface area contributed by atoms with Crippen molar-refractivity contribution in [3.05, 3.63) is 0 Å². The molecule has 7 nitrogen and oxygen atoms in total. The Balaban J connectivity index is 2.55. The van der Waals surface area contributed by atoms with Gasteiger partial charge in [0, 0.05) is 0 Å². The van der Waals surface area contributed by atoms with Crippen LogP contribution in [0.1, 0.15) is 12.8 Å². The summed E-state index contributed by atoms with van der Waals surface area (Å²) >= 11 is 0. The van der Waals surface area contributed by atoms with Gasteiger partial charge in [-0.2, -0.15) is 0 Å². The van der Waals surface area contributed by atoms with Crippen molar-refractivity contribution in [2.75, 3.05) is 0 Å². The maximum absolute atomic E-state index is 10.1. The van der Waals surface area contributed by atoms with Crippen molar-refractivity contribution >= 4 is 12.3 Å². The van der Waals surface area contributed by atoms with Gasteiger partial charge in [0.15, 0.2) is 0 Å². The molecular weight excluding hydrogens is 184 g/mol. The molecule has 0 saturated heterocycles. The van der Waals surface area contributed by atoms with E-state index in [1.54, 1.807) is 0 Å². The number of ether oxygens (including phenoxy) is 2. The minimum absolute atomic E-state index is 0.161. The zero-order valence-electron chi connectivity index (χ0n) is 6.47. The van der Waals surface area contributed by atoms with Gasteiger partial charge < -0.3 is 24.8 Å². The molecule has 0 unspecified atom stereocenters. The van der Waals surface area contributed by atoms with Gasteiger partial charge in [-0.1, -0.05) is 0 Å². The molecule has 1 fully saturated rings. The second-order valence-corrected chi connectivity index (χ2v) is 2.71. The lowest BCUT2D eigenvalue weighted by Crippen LogP contribution is -2.53. The third-order valence-electron chi connectivity index (χ3n) is 1.64. The van der Waals surface area contributed by atoms with Crippen LogP contribution in [0, 0.1) is 0 Å². The SMILES string of the molecule is O=C(O)OC1(OC(=O)O)CC(O)C1. The molecule has 0 spiro atoms. The molecule has 0 bridgehead atoms. The van der Waals surface area contributed by atoms with Gasteiger partial charge in [-0.25, -0.2) is 9.59 Å². The molecule has 7 heteroatoms. The maximum Gasteiger partial charge on any atom is 0.509 e. The number of carboxylic acid groups (broad SMARTS) is 2. The lowest BCUT2D eigenvalue weighted by atomic mass is 9.88. The van der Waals surface area contributed by atoms with Crippen molar-refractivity contribution in [3.8, 4) is 0 Å². The first-order valence-corrected chi connectivity index (χ1v) is 3.45. The Morgan fingerprint density at radius 2 is 1.54 bits per heavy atom. The van der Waals surface area contributed by atoms with Gasteiger partial charge in [0.1, 0.15) is 0 Å². The third-order valence-corrected chi connectivity index (χ3v) is 1.64. The number of hydrogen-bond acceptors (Lipinski definition) is 5. The quantitative estimate of drug-likeness (QED) is 0.423. The van der Waals surface area contributed by atoms with Crippen molar-refractivity contribution < 1.29 is 34.4 Å². The second-order valence-electron chi connectivity index (χ2n) is 2.71. The van der Waals surface area contributed by atoms with Crippen LogP contribution in [0.15, 0.2) is 0 Å². The molecule has 0 aliphatic heterocycles. The number of hydrogen-bond donors (Lipinski definition) is 3. The van der Waals surface area contributed by atoms with Gasteiger partial charge in [0.05, 0.1) is 18.9 Å². The molecule has 0 heterocycles. The molecule has 1 aliphatic rings. The van der Waals surface area contributed by atoms with E-state index in [1.807, 2.05) is 0 Å². The molecule has 1 saturated carbocycles. The standard InChI is InChI=1S/C6H8O7/c7-3-1-6(2-3,12-4(8)9)13-5(10)11/h3,7H,1-2H2,(H,8,9)(H,10,11). The second kappa shape index (κ2) is 3.09. The highest BCUT2D eigenvalue weighted by molar-refractivity contribution is 5.60. The summed E-state index contributed by atoms with van der Waals surface area (Å²) in [6.07, 6.45) is -4.36. The van der Waals surface area contributed by atoms with E-state index in [-0.39, 0.29) is 12.8 Å². The largest absolute Gasteiger partial charge is 0.509 e. The molecule has 1 aliphatic carbocycles. The predicted molar refractivity (Wildman–Crippen MR) is 36.2 cm³/mol. The van der Waals surface area contributed by atoms with Crippen LogP contribution in [-0.2, 0) is 9.47 Å². The van der Waals surface area contributed by atoms with Gasteiger partial charge >= 0.3 is 12.3 Å². The van der Waals surface area contributed by atoms with Crippen LogP contribution < -0.4 is 0 Å². The van der Waals surface area contributed by atoms with E-state index < -0.39 is 24.2 Å². The van der Waals surface area contributed by atoms with Crippen LogP contribution in [0.25, 0.3) is 0 Å². The Morgan fingerprint density at radius 3 is 1.77 bits per heavy atom. The summed E-state index contributed by atoms with van der Waals surface area (Å²) in [6.45, 7) is 0. The lowest BCUT2D eigenvalue weighted by molar-refractivity contribution is -0.257. The first-order valence-electron chi connectivity index (χ1n) is 3.45. The van der Waals surface area contributed by atoms with Gasteiger partial charge in [-0.05, 0) is 0 Å². The summed E-state index contributed by atoms with van der Waals surface area (Å²) in [5.41, 5.74) is 0. The van der Waals surface area contributed by atoms with Crippen LogP contribution >= 0.6 is 0 Å². The zero-order chi connectivity index (χ0) is 10.1. The Bertz CT molecular complexity index is 211. The average molecular weight is 192 g/mol. The summed E-state index contributed by atoms with van der Waals surface area (Å²) in [7, 11) is 0. The van der Waals surface area contributed by atoms with Gasteiger partial charge in [-0.3, -0.25) is 0 Å². The summed E-state index contributed by atoms with van der Waals surface area (Å²) < 4.78 is 8.42. The first kappa shape index (κ1) is 9.59. The van der Waals surface area contributed by atoms with E-state index in [4.69, 9.17) is 15.3 Å². The van der Waals surface area contributed by atoms with Crippen molar-refractivity contribution in [3.63, 3.8) is 0 Å². The third kappa shape index (κ3) is 2.22. The molecule has 0 aromatic rings. The van der Waals surface area contributed by atoms with Gasteiger partial charge in [0.2, 0.25) is 0 Å². The first-order chi connectivity index (χ1) is 5.93. The van der Waals surface area contributed by atoms with Gasteiger partial charge in [0.25, 0.3) is 5.79 Å². The van der Waals surface area contributed by atoms with E-state index in [0.717, 1.165) is 0 Å². The van der Waals surface area contributed by atoms with Crippen molar-refractivity contribution in [2.24, 2.45) is 0 Å². The van der Waals surface area contributed by atoms with Crippen LogP contribution in [0.4, 0.5) is 9.59 Å². The van der Waals surface area contributed by atoms with Crippen LogP contribution in [0.2, 0.25) is 0 Å². The molecule has 0 radical (unpaired) electrons. The van der Waals surface area contributed by atoms with Crippen molar-refractivity contribution in [1.82, 2.24) is 0 Å². The van der Waals surface area contributed by atoms with E-state index >= 15 is 0 Å². The highest BCUT2D eigenvalue weighted by Gasteiger charge is 2.51. The number of aliphatic hydroxyl groups excluding tert-OH is 1. The van der Waals surface area contributed by atoms with Gasteiger partial charge in [-0.15, -0.1) is 0 Å². The number of aliphatic hydroxyl groups is 1. The molecule has 0 atom stereocenters. The fraction of sp³-hybridized carbons (Fsp3) is 0.667. The Morgan fingerprint density at radius 1 is 1.15 bits per heavy atom. The molecule has 1 rings (SSSR count). The van der Waals surface area contributed by atoms with Crippen LogP contribution in [-0.4, -0.2) is 39.5 Å².